The largest absolute Gasteiger partial charge is 0.497 e. The van der Waals surface area contributed by atoms with Crippen LogP contribution in [0.2, 0.25) is 0 Å². The van der Waals surface area contributed by atoms with Gasteiger partial charge in [-0.05, 0) is 31.5 Å². The molecule has 1 saturated heterocycles. The van der Waals surface area contributed by atoms with Crippen LogP contribution >= 0.6 is 0 Å². The van der Waals surface area contributed by atoms with Crippen molar-refractivity contribution in [1.29, 1.82) is 0 Å². The molecule has 0 aromatic heterocycles. The van der Waals surface area contributed by atoms with Gasteiger partial charge in [-0.3, -0.25) is 4.79 Å². The third-order valence-corrected chi connectivity index (χ3v) is 3.09. The van der Waals surface area contributed by atoms with E-state index in [4.69, 9.17) is 9.47 Å². The molecule has 2 rings (SSSR count). The summed E-state index contributed by atoms with van der Waals surface area (Å²) in [5.74, 6) is 1.57. The zero-order chi connectivity index (χ0) is 13.5. The van der Waals surface area contributed by atoms with Gasteiger partial charge in [-0.15, -0.1) is 0 Å². The fourth-order valence-corrected chi connectivity index (χ4v) is 2.07. The lowest BCUT2D eigenvalue weighted by molar-refractivity contribution is -0.122. The van der Waals surface area contributed by atoms with Crippen LogP contribution in [0, 0.1) is 0 Å². The molecule has 104 valence electrons. The summed E-state index contributed by atoms with van der Waals surface area (Å²) in [6.45, 7) is 1.89. The van der Waals surface area contributed by atoms with Gasteiger partial charge >= 0.3 is 0 Å². The van der Waals surface area contributed by atoms with Crippen LogP contribution in [-0.4, -0.2) is 38.8 Å². The number of carbonyl (C=O) groups is 1. The number of benzene rings is 1. The zero-order valence-electron chi connectivity index (χ0n) is 11.1. The number of amides is 1. The summed E-state index contributed by atoms with van der Waals surface area (Å²) in [6, 6.07) is 7.38. The quantitative estimate of drug-likeness (QED) is 0.751. The van der Waals surface area contributed by atoms with Crippen molar-refractivity contribution in [3.8, 4) is 11.5 Å². The smallest absolute Gasteiger partial charge is 0.237 e. The van der Waals surface area contributed by atoms with Crippen LogP contribution in [0.15, 0.2) is 24.3 Å². The second kappa shape index (κ2) is 6.99. The maximum atomic E-state index is 11.7. The first-order valence-electron chi connectivity index (χ1n) is 6.57. The first kappa shape index (κ1) is 13.7. The Balaban J connectivity index is 1.67. The minimum absolute atomic E-state index is 0.0307. The third-order valence-electron chi connectivity index (χ3n) is 3.09. The van der Waals surface area contributed by atoms with Crippen molar-refractivity contribution in [1.82, 2.24) is 10.6 Å². The lowest BCUT2D eigenvalue weighted by Crippen LogP contribution is -2.41. The lowest BCUT2D eigenvalue weighted by Gasteiger charge is -2.12. The van der Waals surface area contributed by atoms with E-state index in [-0.39, 0.29) is 11.9 Å². The molecule has 1 heterocycles. The van der Waals surface area contributed by atoms with E-state index in [1.165, 1.54) is 0 Å². The van der Waals surface area contributed by atoms with Crippen molar-refractivity contribution >= 4 is 5.91 Å². The van der Waals surface area contributed by atoms with Crippen LogP contribution in [0.5, 0.6) is 11.5 Å². The molecule has 0 bridgehead atoms. The predicted octanol–water partition coefficient (Wildman–Crippen LogP) is 0.942. The number of nitrogens with one attached hydrogen (secondary N) is 2. The normalized spacial score (nSPS) is 18.1. The second-order valence-corrected chi connectivity index (χ2v) is 4.47. The number of carbonyl (C=O) groups excluding carboxylic acids is 1. The molecule has 0 radical (unpaired) electrons. The van der Waals surface area contributed by atoms with Gasteiger partial charge in [-0.25, -0.2) is 0 Å². The van der Waals surface area contributed by atoms with E-state index in [1.54, 1.807) is 7.11 Å². The number of hydrogen-bond acceptors (Lipinski definition) is 4. The van der Waals surface area contributed by atoms with Crippen LogP contribution in [-0.2, 0) is 4.79 Å². The molecular weight excluding hydrogens is 244 g/mol. The summed E-state index contributed by atoms with van der Waals surface area (Å²) in [6.07, 6.45) is 1.99. The minimum atomic E-state index is -0.0307. The van der Waals surface area contributed by atoms with Crippen molar-refractivity contribution in [2.75, 3.05) is 26.8 Å². The van der Waals surface area contributed by atoms with Crippen molar-refractivity contribution in [2.45, 2.75) is 18.9 Å². The van der Waals surface area contributed by atoms with Crippen LogP contribution in [0.1, 0.15) is 12.8 Å². The SMILES string of the molecule is COc1cccc(OCCNC(=O)[C@@H]2CCCN2)c1. The molecule has 19 heavy (non-hydrogen) atoms. The van der Waals surface area contributed by atoms with Gasteiger partial charge in [0, 0.05) is 6.07 Å². The highest BCUT2D eigenvalue weighted by atomic mass is 16.5. The van der Waals surface area contributed by atoms with Crippen LogP contribution in [0.4, 0.5) is 0 Å². The molecule has 5 heteroatoms. The van der Waals surface area contributed by atoms with E-state index in [0.29, 0.717) is 13.2 Å². The van der Waals surface area contributed by atoms with Crippen molar-refractivity contribution < 1.29 is 14.3 Å². The van der Waals surface area contributed by atoms with Gasteiger partial charge in [0.2, 0.25) is 5.91 Å². The molecular formula is C14H20N2O3. The number of rotatable bonds is 6. The van der Waals surface area contributed by atoms with E-state index in [1.807, 2.05) is 24.3 Å². The van der Waals surface area contributed by atoms with Gasteiger partial charge in [0.25, 0.3) is 0 Å². The summed E-state index contributed by atoms with van der Waals surface area (Å²) in [4.78, 5) is 11.7. The van der Waals surface area contributed by atoms with E-state index in [2.05, 4.69) is 10.6 Å². The molecule has 1 aliphatic rings. The lowest BCUT2D eigenvalue weighted by atomic mass is 10.2. The second-order valence-electron chi connectivity index (χ2n) is 4.47. The predicted molar refractivity (Wildman–Crippen MR) is 72.5 cm³/mol. The summed E-state index contributed by atoms with van der Waals surface area (Å²) in [5.41, 5.74) is 0. The first-order valence-corrected chi connectivity index (χ1v) is 6.57. The Hall–Kier alpha value is -1.75. The standard InChI is InChI=1S/C14H20N2O3/c1-18-11-4-2-5-12(10-11)19-9-8-16-14(17)13-6-3-7-15-13/h2,4-5,10,13,15H,3,6-9H2,1H3,(H,16,17)/t13-/m0/s1. The highest BCUT2D eigenvalue weighted by molar-refractivity contribution is 5.81. The highest BCUT2D eigenvalue weighted by Crippen LogP contribution is 2.18. The number of hydrogen-bond donors (Lipinski definition) is 2. The van der Waals surface area contributed by atoms with Crippen LogP contribution in [0.25, 0.3) is 0 Å². The summed E-state index contributed by atoms with van der Waals surface area (Å²) in [5, 5.41) is 6.03. The number of ether oxygens (including phenoxy) is 2. The molecule has 1 fully saturated rings. The molecule has 1 aliphatic heterocycles. The van der Waals surface area contributed by atoms with E-state index < -0.39 is 0 Å². The Morgan fingerprint density at radius 2 is 2.32 bits per heavy atom. The molecule has 0 saturated carbocycles. The average Bonchev–Trinajstić information content (AvgIpc) is 2.98. The van der Waals surface area contributed by atoms with E-state index in [9.17, 15) is 4.79 Å². The number of methoxy groups -OCH3 is 1. The Bertz CT molecular complexity index is 417. The van der Waals surface area contributed by atoms with E-state index in [0.717, 1.165) is 30.9 Å². The van der Waals surface area contributed by atoms with Crippen LogP contribution in [0.3, 0.4) is 0 Å². The van der Waals surface area contributed by atoms with Gasteiger partial charge in [0.05, 0.1) is 19.7 Å². The Morgan fingerprint density at radius 1 is 1.47 bits per heavy atom. The molecule has 1 atom stereocenters. The average molecular weight is 264 g/mol. The molecule has 2 N–H and O–H groups in total. The van der Waals surface area contributed by atoms with Crippen molar-refractivity contribution in [3.05, 3.63) is 24.3 Å². The topological polar surface area (TPSA) is 59.6 Å². The maximum absolute atomic E-state index is 11.7. The first-order chi connectivity index (χ1) is 9.29. The summed E-state index contributed by atoms with van der Waals surface area (Å²) in [7, 11) is 1.62. The van der Waals surface area contributed by atoms with Gasteiger partial charge < -0.3 is 20.1 Å². The molecule has 1 aromatic rings. The van der Waals surface area contributed by atoms with Crippen LogP contribution < -0.4 is 20.1 Å². The van der Waals surface area contributed by atoms with E-state index >= 15 is 0 Å². The molecule has 0 spiro atoms. The Labute approximate surface area is 113 Å². The fraction of sp³-hybridized carbons (Fsp3) is 0.500. The zero-order valence-corrected chi connectivity index (χ0v) is 11.1. The van der Waals surface area contributed by atoms with Gasteiger partial charge in [0.15, 0.2) is 0 Å². The van der Waals surface area contributed by atoms with Gasteiger partial charge in [0.1, 0.15) is 18.1 Å². The Kier molecular flexibility index (Phi) is 5.03. The summed E-state index contributed by atoms with van der Waals surface area (Å²) < 4.78 is 10.7. The van der Waals surface area contributed by atoms with Crippen molar-refractivity contribution in [3.63, 3.8) is 0 Å². The summed E-state index contributed by atoms with van der Waals surface area (Å²) >= 11 is 0. The monoisotopic (exact) mass is 264 g/mol. The molecule has 1 aromatic carbocycles. The molecule has 0 aliphatic carbocycles. The Morgan fingerprint density at radius 3 is 3.05 bits per heavy atom. The minimum Gasteiger partial charge on any atom is -0.497 e. The molecule has 5 nitrogen and oxygen atoms in total. The van der Waals surface area contributed by atoms with Crippen molar-refractivity contribution in [2.24, 2.45) is 0 Å². The highest BCUT2D eigenvalue weighted by Gasteiger charge is 2.21. The van der Waals surface area contributed by atoms with Gasteiger partial charge in [-0.1, -0.05) is 6.07 Å². The third kappa shape index (κ3) is 4.13. The molecule has 1 amide bonds. The fourth-order valence-electron chi connectivity index (χ4n) is 2.07. The van der Waals surface area contributed by atoms with Gasteiger partial charge in [-0.2, -0.15) is 0 Å². The maximum Gasteiger partial charge on any atom is 0.237 e. The molecule has 0 unspecified atom stereocenters.